The Morgan fingerprint density at radius 2 is 1.82 bits per heavy atom. The van der Waals surface area contributed by atoms with Gasteiger partial charge in [0, 0.05) is 17.2 Å². The summed E-state index contributed by atoms with van der Waals surface area (Å²) in [6, 6.07) is 12.1. The molecule has 5 N–H and O–H groups in total. The van der Waals surface area contributed by atoms with E-state index in [9.17, 15) is 25.5 Å². The highest BCUT2D eigenvalue weighted by Gasteiger charge is 2.45. The molecule has 1 aliphatic heterocycles. The van der Waals surface area contributed by atoms with E-state index in [4.69, 9.17) is 9.47 Å². The number of nitrogens with zero attached hydrogens (tertiary/aromatic N) is 2. The third-order valence-corrected chi connectivity index (χ3v) is 5.45. The summed E-state index contributed by atoms with van der Waals surface area (Å²) in [6.07, 6.45) is -7.08. The number of hydrogen-bond acceptors (Lipinski definition) is 8. The SMILES string of the molecule is CC(C)n1nc(O[C@@H]2O[C@H](CO)[C@@H](O)[C@H](O)[C@H]2O)c2c(C#Cc3cccc(O)c3)cccc21. The summed E-state index contributed by atoms with van der Waals surface area (Å²) in [4.78, 5) is 0. The maximum absolute atomic E-state index is 10.4. The van der Waals surface area contributed by atoms with Crippen LogP contribution in [-0.2, 0) is 4.74 Å². The molecule has 0 aliphatic carbocycles. The molecule has 1 aliphatic rings. The van der Waals surface area contributed by atoms with Crippen molar-refractivity contribution in [3.63, 3.8) is 0 Å². The van der Waals surface area contributed by atoms with Crippen LogP contribution in [-0.4, -0.2) is 72.6 Å². The Labute approximate surface area is 190 Å². The van der Waals surface area contributed by atoms with Crippen molar-refractivity contribution in [2.75, 3.05) is 6.61 Å². The molecule has 0 saturated carbocycles. The Bertz CT molecular complexity index is 1190. The molecule has 0 radical (unpaired) electrons. The van der Waals surface area contributed by atoms with Gasteiger partial charge in [0.15, 0.2) is 0 Å². The van der Waals surface area contributed by atoms with E-state index >= 15 is 0 Å². The number of aromatic nitrogens is 2. The minimum absolute atomic E-state index is 0.0195. The summed E-state index contributed by atoms with van der Waals surface area (Å²) in [5.74, 6) is 6.33. The van der Waals surface area contributed by atoms with Crippen molar-refractivity contribution < 1.29 is 35.0 Å². The van der Waals surface area contributed by atoms with E-state index in [1.807, 2.05) is 26.0 Å². The largest absolute Gasteiger partial charge is 0.508 e. The molecule has 1 aromatic heterocycles. The van der Waals surface area contributed by atoms with Crippen LogP contribution in [0.5, 0.6) is 11.6 Å². The van der Waals surface area contributed by atoms with Crippen molar-refractivity contribution in [1.29, 1.82) is 0 Å². The molecule has 1 saturated heterocycles. The molecule has 2 aromatic carbocycles. The number of rotatable bonds is 4. The molecule has 0 amide bonds. The smallest absolute Gasteiger partial charge is 0.244 e. The van der Waals surface area contributed by atoms with Gasteiger partial charge in [-0.1, -0.05) is 24.0 Å². The zero-order chi connectivity index (χ0) is 23.7. The lowest BCUT2D eigenvalue weighted by atomic mass is 9.99. The fourth-order valence-corrected chi connectivity index (χ4v) is 3.74. The molecule has 174 valence electrons. The number of aliphatic hydroxyl groups is 4. The Morgan fingerprint density at radius 1 is 1.06 bits per heavy atom. The van der Waals surface area contributed by atoms with Crippen molar-refractivity contribution in [2.24, 2.45) is 0 Å². The summed E-state index contributed by atoms with van der Waals surface area (Å²) in [5.41, 5.74) is 1.97. The highest BCUT2D eigenvalue weighted by molar-refractivity contribution is 5.90. The molecule has 0 unspecified atom stereocenters. The number of hydrogen-bond donors (Lipinski definition) is 5. The van der Waals surface area contributed by atoms with Crippen LogP contribution in [0, 0.1) is 11.8 Å². The highest BCUT2D eigenvalue weighted by atomic mass is 16.7. The van der Waals surface area contributed by atoms with Gasteiger partial charge in [0.1, 0.15) is 30.2 Å². The first kappa shape index (κ1) is 23.0. The number of ether oxygens (including phenoxy) is 2. The quantitative estimate of drug-likeness (QED) is 0.367. The molecule has 9 heteroatoms. The minimum atomic E-state index is -1.57. The molecule has 5 atom stereocenters. The summed E-state index contributed by atoms with van der Waals surface area (Å²) < 4.78 is 13.1. The molecule has 0 spiro atoms. The van der Waals surface area contributed by atoms with E-state index < -0.39 is 37.3 Å². The monoisotopic (exact) mass is 454 g/mol. The average molecular weight is 454 g/mol. The lowest BCUT2D eigenvalue weighted by Crippen LogP contribution is -2.60. The topological polar surface area (TPSA) is 137 Å². The third kappa shape index (κ3) is 4.53. The Kier molecular flexibility index (Phi) is 6.56. The first-order valence-electron chi connectivity index (χ1n) is 10.6. The van der Waals surface area contributed by atoms with E-state index in [-0.39, 0.29) is 17.7 Å². The molecule has 3 aromatic rings. The van der Waals surface area contributed by atoms with E-state index in [2.05, 4.69) is 16.9 Å². The van der Waals surface area contributed by atoms with Crippen molar-refractivity contribution in [2.45, 2.75) is 50.6 Å². The second kappa shape index (κ2) is 9.39. The maximum Gasteiger partial charge on any atom is 0.244 e. The van der Waals surface area contributed by atoms with Gasteiger partial charge in [0.25, 0.3) is 0 Å². The number of phenols is 1. The van der Waals surface area contributed by atoms with Gasteiger partial charge in [0.2, 0.25) is 12.2 Å². The summed E-state index contributed by atoms with van der Waals surface area (Å²) in [6.45, 7) is 3.34. The minimum Gasteiger partial charge on any atom is -0.508 e. The number of fused-ring (bicyclic) bond motifs is 1. The molecule has 33 heavy (non-hydrogen) atoms. The molecular formula is C24H26N2O7. The van der Waals surface area contributed by atoms with Crippen molar-refractivity contribution in [3.8, 4) is 23.5 Å². The third-order valence-electron chi connectivity index (χ3n) is 5.45. The molecule has 9 nitrogen and oxygen atoms in total. The lowest BCUT2D eigenvalue weighted by Gasteiger charge is -2.39. The van der Waals surface area contributed by atoms with Crippen LogP contribution >= 0.6 is 0 Å². The van der Waals surface area contributed by atoms with Gasteiger partial charge in [-0.05, 0) is 44.2 Å². The zero-order valence-corrected chi connectivity index (χ0v) is 18.2. The number of benzene rings is 2. The standard InChI is InChI=1S/C24H26N2O7/c1-13(2)26-17-8-4-6-15(10-9-14-5-3-7-16(28)11-14)19(17)23(25-26)33-24-22(31)21(30)20(29)18(12-27)32-24/h3-8,11,13,18,20-22,24,27-31H,12H2,1-2H3/t18-,20-,21+,22-,24+/m1/s1. The van der Waals surface area contributed by atoms with Gasteiger partial charge in [-0.25, -0.2) is 0 Å². The van der Waals surface area contributed by atoms with Crippen LogP contribution in [0.15, 0.2) is 42.5 Å². The summed E-state index contributed by atoms with van der Waals surface area (Å²) in [7, 11) is 0. The Morgan fingerprint density at radius 3 is 2.52 bits per heavy atom. The molecule has 4 rings (SSSR count). The van der Waals surface area contributed by atoms with Crippen molar-refractivity contribution >= 4 is 10.9 Å². The zero-order valence-electron chi connectivity index (χ0n) is 18.2. The predicted octanol–water partition coefficient (Wildman–Crippen LogP) is 0.901. The molecule has 1 fully saturated rings. The summed E-state index contributed by atoms with van der Waals surface area (Å²) in [5, 5.41) is 54.8. The fourth-order valence-electron chi connectivity index (χ4n) is 3.74. The van der Waals surface area contributed by atoms with Crippen LogP contribution < -0.4 is 4.74 Å². The normalized spacial score (nSPS) is 25.1. The van der Waals surface area contributed by atoms with Crippen LogP contribution in [0.3, 0.4) is 0 Å². The van der Waals surface area contributed by atoms with E-state index in [0.29, 0.717) is 16.5 Å². The van der Waals surface area contributed by atoms with E-state index in [0.717, 1.165) is 5.52 Å². The first-order chi connectivity index (χ1) is 15.8. The molecule has 2 heterocycles. The van der Waals surface area contributed by atoms with Gasteiger partial charge in [-0.15, -0.1) is 5.10 Å². The van der Waals surface area contributed by atoms with Crippen LogP contribution in [0.4, 0.5) is 0 Å². The lowest BCUT2D eigenvalue weighted by molar-refractivity contribution is -0.278. The number of phenolic OH excluding ortho intramolecular Hbond substituents is 1. The predicted molar refractivity (Wildman–Crippen MR) is 119 cm³/mol. The second-order valence-electron chi connectivity index (χ2n) is 8.16. The fraction of sp³-hybridized carbons (Fsp3) is 0.375. The molecule has 0 bridgehead atoms. The number of aliphatic hydroxyl groups excluding tert-OH is 4. The second-order valence-corrected chi connectivity index (χ2v) is 8.16. The average Bonchev–Trinajstić information content (AvgIpc) is 3.17. The highest BCUT2D eigenvalue weighted by Crippen LogP contribution is 2.33. The maximum atomic E-state index is 10.4. The first-order valence-corrected chi connectivity index (χ1v) is 10.6. The van der Waals surface area contributed by atoms with Crippen LogP contribution in [0.2, 0.25) is 0 Å². The van der Waals surface area contributed by atoms with Gasteiger partial charge >= 0.3 is 0 Å². The van der Waals surface area contributed by atoms with Gasteiger partial charge in [-0.3, -0.25) is 4.68 Å². The van der Waals surface area contributed by atoms with Crippen LogP contribution in [0.25, 0.3) is 10.9 Å². The van der Waals surface area contributed by atoms with Gasteiger partial charge in [-0.2, -0.15) is 0 Å². The number of aromatic hydroxyl groups is 1. The molecular weight excluding hydrogens is 428 g/mol. The van der Waals surface area contributed by atoms with E-state index in [1.54, 1.807) is 35.0 Å². The van der Waals surface area contributed by atoms with Crippen LogP contribution in [0.1, 0.15) is 31.0 Å². The summed E-state index contributed by atoms with van der Waals surface area (Å²) >= 11 is 0. The van der Waals surface area contributed by atoms with Gasteiger partial charge in [0.05, 0.1) is 17.5 Å². The van der Waals surface area contributed by atoms with E-state index in [1.165, 1.54) is 0 Å². The Balaban J connectivity index is 1.77. The van der Waals surface area contributed by atoms with Gasteiger partial charge < -0.3 is 35.0 Å². The van der Waals surface area contributed by atoms with Crippen molar-refractivity contribution in [1.82, 2.24) is 9.78 Å². The Hall–Kier alpha value is -3.13. The van der Waals surface area contributed by atoms with Crippen molar-refractivity contribution in [3.05, 3.63) is 53.6 Å².